The van der Waals surface area contributed by atoms with Gasteiger partial charge in [-0.25, -0.2) is 0 Å². The Hall–Kier alpha value is -1.74. The molecule has 0 spiro atoms. The molecule has 1 aromatic rings. The third-order valence-corrected chi connectivity index (χ3v) is 3.29. The SMILES string of the molecule is C=C1NC(c2ccc(OCCOC)cc2)=CCC1C. The van der Waals surface area contributed by atoms with E-state index in [1.54, 1.807) is 7.11 Å². The summed E-state index contributed by atoms with van der Waals surface area (Å²) in [6.07, 6.45) is 3.26. The number of hydrogen-bond acceptors (Lipinski definition) is 3. The molecule has 1 aromatic carbocycles. The summed E-state index contributed by atoms with van der Waals surface area (Å²) >= 11 is 0. The van der Waals surface area contributed by atoms with Gasteiger partial charge in [-0.15, -0.1) is 0 Å². The highest BCUT2D eigenvalue weighted by molar-refractivity contribution is 5.67. The molecule has 2 rings (SSSR count). The van der Waals surface area contributed by atoms with Crippen LogP contribution < -0.4 is 10.1 Å². The van der Waals surface area contributed by atoms with Crippen molar-refractivity contribution in [3.8, 4) is 5.75 Å². The number of ether oxygens (including phenoxy) is 2. The van der Waals surface area contributed by atoms with Crippen molar-refractivity contribution >= 4 is 5.70 Å². The summed E-state index contributed by atoms with van der Waals surface area (Å²) < 4.78 is 10.5. The van der Waals surface area contributed by atoms with Crippen LogP contribution in [0.3, 0.4) is 0 Å². The lowest BCUT2D eigenvalue weighted by atomic mass is 9.97. The maximum absolute atomic E-state index is 5.54. The maximum atomic E-state index is 5.54. The van der Waals surface area contributed by atoms with E-state index in [2.05, 4.69) is 37.0 Å². The average Bonchev–Trinajstić information content (AvgIpc) is 2.43. The fourth-order valence-electron chi connectivity index (χ4n) is 1.95. The van der Waals surface area contributed by atoms with Gasteiger partial charge in [0, 0.05) is 18.5 Å². The molecule has 1 aliphatic rings. The summed E-state index contributed by atoms with van der Waals surface area (Å²) in [6, 6.07) is 8.08. The first kappa shape index (κ1) is 13.7. The van der Waals surface area contributed by atoms with Gasteiger partial charge in [0.2, 0.25) is 0 Å². The Morgan fingerprint density at radius 1 is 1.26 bits per heavy atom. The molecular formula is C16H21NO2. The van der Waals surface area contributed by atoms with Crippen LogP contribution >= 0.6 is 0 Å². The van der Waals surface area contributed by atoms with E-state index in [0.717, 1.165) is 29.1 Å². The lowest BCUT2D eigenvalue weighted by molar-refractivity contribution is 0.146. The Kier molecular flexibility index (Phi) is 4.63. The van der Waals surface area contributed by atoms with Gasteiger partial charge in [-0.3, -0.25) is 0 Å². The van der Waals surface area contributed by atoms with E-state index in [-0.39, 0.29) is 0 Å². The predicted molar refractivity (Wildman–Crippen MR) is 77.8 cm³/mol. The first-order valence-corrected chi connectivity index (χ1v) is 6.59. The zero-order valence-corrected chi connectivity index (χ0v) is 11.6. The highest BCUT2D eigenvalue weighted by Crippen LogP contribution is 2.25. The van der Waals surface area contributed by atoms with E-state index in [0.29, 0.717) is 19.1 Å². The third-order valence-electron chi connectivity index (χ3n) is 3.29. The molecule has 0 saturated carbocycles. The summed E-state index contributed by atoms with van der Waals surface area (Å²) in [7, 11) is 1.67. The molecule has 0 amide bonds. The molecule has 0 aromatic heterocycles. The van der Waals surface area contributed by atoms with Gasteiger partial charge in [0.25, 0.3) is 0 Å². The first-order chi connectivity index (χ1) is 9.20. The van der Waals surface area contributed by atoms with Crippen molar-refractivity contribution in [2.45, 2.75) is 13.3 Å². The minimum absolute atomic E-state index is 0.500. The number of hydrogen-bond donors (Lipinski definition) is 1. The first-order valence-electron chi connectivity index (χ1n) is 6.59. The molecule has 0 aliphatic carbocycles. The average molecular weight is 259 g/mol. The van der Waals surface area contributed by atoms with Gasteiger partial charge in [-0.1, -0.05) is 19.6 Å². The van der Waals surface area contributed by atoms with Crippen molar-refractivity contribution in [2.24, 2.45) is 5.92 Å². The summed E-state index contributed by atoms with van der Waals surface area (Å²) in [4.78, 5) is 0. The van der Waals surface area contributed by atoms with E-state index in [9.17, 15) is 0 Å². The smallest absolute Gasteiger partial charge is 0.119 e. The molecule has 1 atom stereocenters. The Bertz CT molecular complexity index is 462. The Labute approximate surface area is 114 Å². The molecule has 0 saturated heterocycles. The molecule has 102 valence electrons. The summed E-state index contributed by atoms with van der Waals surface area (Å²) in [5.41, 5.74) is 3.37. The Morgan fingerprint density at radius 3 is 2.63 bits per heavy atom. The Balaban J connectivity index is 2.00. The second-order valence-electron chi connectivity index (χ2n) is 4.77. The van der Waals surface area contributed by atoms with Crippen molar-refractivity contribution in [2.75, 3.05) is 20.3 Å². The highest BCUT2D eigenvalue weighted by Gasteiger charge is 2.14. The third kappa shape index (κ3) is 3.61. The molecule has 0 fully saturated rings. The van der Waals surface area contributed by atoms with Gasteiger partial charge in [0.15, 0.2) is 0 Å². The number of allylic oxidation sites excluding steroid dienone is 2. The van der Waals surface area contributed by atoms with E-state index in [4.69, 9.17) is 9.47 Å². The van der Waals surface area contributed by atoms with E-state index in [1.807, 2.05) is 12.1 Å². The molecule has 19 heavy (non-hydrogen) atoms. The van der Waals surface area contributed by atoms with Crippen LogP contribution in [0, 0.1) is 5.92 Å². The molecule has 3 nitrogen and oxygen atoms in total. The second-order valence-corrected chi connectivity index (χ2v) is 4.77. The number of rotatable bonds is 5. The number of nitrogens with one attached hydrogen (secondary N) is 1. The minimum atomic E-state index is 0.500. The Morgan fingerprint density at radius 2 is 2.00 bits per heavy atom. The van der Waals surface area contributed by atoms with Gasteiger partial charge in [-0.05, 0) is 42.2 Å². The van der Waals surface area contributed by atoms with Crippen molar-refractivity contribution in [1.29, 1.82) is 0 Å². The largest absolute Gasteiger partial charge is 0.491 e. The summed E-state index contributed by atoms with van der Waals surface area (Å²) in [5.74, 6) is 1.37. The monoisotopic (exact) mass is 259 g/mol. The summed E-state index contributed by atoms with van der Waals surface area (Å²) in [6.45, 7) is 7.40. The molecule has 0 bridgehead atoms. The van der Waals surface area contributed by atoms with Gasteiger partial charge in [0.1, 0.15) is 12.4 Å². The topological polar surface area (TPSA) is 30.5 Å². The van der Waals surface area contributed by atoms with Gasteiger partial charge < -0.3 is 14.8 Å². The van der Waals surface area contributed by atoms with Crippen LogP contribution in [0.25, 0.3) is 5.70 Å². The lowest BCUT2D eigenvalue weighted by Gasteiger charge is -2.23. The van der Waals surface area contributed by atoms with Gasteiger partial charge in [0.05, 0.1) is 6.61 Å². The normalized spacial score (nSPS) is 18.7. The highest BCUT2D eigenvalue weighted by atomic mass is 16.5. The van der Waals surface area contributed by atoms with Crippen molar-refractivity contribution < 1.29 is 9.47 Å². The zero-order valence-electron chi connectivity index (χ0n) is 11.6. The van der Waals surface area contributed by atoms with Crippen molar-refractivity contribution in [1.82, 2.24) is 5.32 Å². The second kappa shape index (κ2) is 6.43. The molecule has 3 heteroatoms. The standard InChI is InChI=1S/C16H21NO2/c1-12-4-9-16(17-13(12)2)14-5-7-15(8-6-14)19-11-10-18-3/h5-9,12,17H,2,4,10-11H2,1,3H3. The fraction of sp³-hybridized carbons (Fsp3) is 0.375. The van der Waals surface area contributed by atoms with E-state index >= 15 is 0 Å². The zero-order chi connectivity index (χ0) is 13.7. The van der Waals surface area contributed by atoms with E-state index in [1.165, 1.54) is 0 Å². The van der Waals surface area contributed by atoms with Crippen LogP contribution in [0.5, 0.6) is 5.75 Å². The van der Waals surface area contributed by atoms with Crippen LogP contribution in [-0.4, -0.2) is 20.3 Å². The lowest BCUT2D eigenvalue weighted by Crippen LogP contribution is -2.20. The molecule has 1 unspecified atom stereocenters. The van der Waals surface area contributed by atoms with Crippen molar-refractivity contribution in [3.63, 3.8) is 0 Å². The van der Waals surface area contributed by atoms with Crippen LogP contribution in [0.2, 0.25) is 0 Å². The maximum Gasteiger partial charge on any atom is 0.119 e. The van der Waals surface area contributed by atoms with Gasteiger partial charge in [-0.2, -0.15) is 0 Å². The summed E-state index contributed by atoms with van der Waals surface area (Å²) in [5, 5.41) is 3.36. The molecule has 1 N–H and O–H groups in total. The fourth-order valence-corrected chi connectivity index (χ4v) is 1.95. The molecule has 1 aliphatic heterocycles. The molecular weight excluding hydrogens is 238 g/mol. The number of methoxy groups -OCH3 is 1. The molecule has 0 radical (unpaired) electrons. The van der Waals surface area contributed by atoms with Crippen LogP contribution in [-0.2, 0) is 4.74 Å². The predicted octanol–water partition coefficient (Wildman–Crippen LogP) is 3.20. The van der Waals surface area contributed by atoms with Crippen LogP contribution in [0.15, 0.2) is 42.6 Å². The van der Waals surface area contributed by atoms with Crippen LogP contribution in [0.4, 0.5) is 0 Å². The van der Waals surface area contributed by atoms with Crippen molar-refractivity contribution in [3.05, 3.63) is 48.2 Å². The minimum Gasteiger partial charge on any atom is -0.491 e. The van der Waals surface area contributed by atoms with Gasteiger partial charge >= 0.3 is 0 Å². The van der Waals surface area contributed by atoms with E-state index < -0.39 is 0 Å². The number of benzene rings is 1. The molecule has 1 heterocycles. The quantitative estimate of drug-likeness (QED) is 0.824. The van der Waals surface area contributed by atoms with Crippen LogP contribution in [0.1, 0.15) is 18.9 Å².